The molecule has 5 nitrogen and oxygen atoms in total. The Labute approximate surface area is 179 Å². The molecule has 0 unspecified atom stereocenters. The van der Waals surface area contributed by atoms with Gasteiger partial charge in [0.05, 0.1) is 12.5 Å². The van der Waals surface area contributed by atoms with Gasteiger partial charge < -0.3 is 14.5 Å². The van der Waals surface area contributed by atoms with E-state index in [9.17, 15) is 9.59 Å². The van der Waals surface area contributed by atoms with Gasteiger partial charge in [-0.2, -0.15) is 0 Å². The SMILES string of the molecule is CCOC(=O)C1CCN(c2ccc(C(=O)N(CC(C)C)c3ccccc3)cc2)CC1. The van der Waals surface area contributed by atoms with Crippen molar-refractivity contribution in [2.24, 2.45) is 11.8 Å². The molecule has 1 saturated heterocycles. The van der Waals surface area contributed by atoms with Crippen LogP contribution in [-0.4, -0.2) is 38.1 Å². The van der Waals surface area contributed by atoms with Crippen molar-refractivity contribution in [3.63, 3.8) is 0 Å². The fourth-order valence-corrected chi connectivity index (χ4v) is 3.88. The van der Waals surface area contributed by atoms with Crippen molar-refractivity contribution < 1.29 is 14.3 Å². The number of carbonyl (C=O) groups excluding carboxylic acids is 2. The number of hydrogen-bond donors (Lipinski definition) is 0. The number of esters is 1. The molecular formula is C25H32N2O3. The number of anilines is 2. The van der Waals surface area contributed by atoms with Gasteiger partial charge in [0.2, 0.25) is 0 Å². The average Bonchev–Trinajstić information content (AvgIpc) is 2.78. The van der Waals surface area contributed by atoms with Crippen molar-refractivity contribution in [1.82, 2.24) is 0 Å². The Morgan fingerprint density at radius 2 is 1.67 bits per heavy atom. The molecule has 2 aromatic carbocycles. The Kier molecular flexibility index (Phi) is 7.50. The lowest BCUT2D eigenvalue weighted by Gasteiger charge is -2.32. The van der Waals surface area contributed by atoms with Crippen LogP contribution < -0.4 is 9.80 Å². The highest BCUT2D eigenvalue weighted by Gasteiger charge is 2.26. The first-order valence-corrected chi connectivity index (χ1v) is 10.9. The fourth-order valence-electron chi connectivity index (χ4n) is 3.88. The van der Waals surface area contributed by atoms with Gasteiger partial charge >= 0.3 is 5.97 Å². The molecule has 2 aromatic rings. The maximum absolute atomic E-state index is 13.2. The number of para-hydroxylation sites is 1. The van der Waals surface area contributed by atoms with Gasteiger partial charge in [0.1, 0.15) is 0 Å². The van der Waals surface area contributed by atoms with Crippen LogP contribution in [-0.2, 0) is 9.53 Å². The molecule has 0 aliphatic carbocycles. The molecule has 0 aromatic heterocycles. The summed E-state index contributed by atoms with van der Waals surface area (Å²) in [5.74, 6) is 0.304. The van der Waals surface area contributed by atoms with Crippen LogP contribution in [0.25, 0.3) is 0 Å². The van der Waals surface area contributed by atoms with Gasteiger partial charge in [-0.15, -0.1) is 0 Å². The highest BCUT2D eigenvalue weighted by Crippen LogP contribution is 2.25. The predicted octanol–water partition coefficient (Wildman–Crippen LogP) is 4.77. The third-order valence-corrected chi connectivity index (χ3v) is 5.46. The van der Waals surface area contributed by atoms with Crippen LogP contribution in [0.5, 0.6) is 0 Å². The van der Waals surface area contributed by atoms with Crippen LogP contribution in [0.1, 0.15) is 44.0 Å². The summed E-state index contributed by atoms with van der Waals surface area (Å²) >= 11 is 0. The number of hydrogen-bond acceptors (Lipinski definition) is 4. The molecule has 5 heteroatoms. The van der Waals surface area contributed by atoms with Gasteiger partial charge in [0.25, 0.3) is 5.91 Å². The number of carbonyl (C=O) groups is 2. The van der Waals surface area contributed by atoms with Gasteiger partial charge in [-0.05, 0) is 62.1 Å². The molecule has 0 saturated carbocycles. The van der Waals surface area contributed by atoms with Gasteiger partial charge in [0, 0.05) is 36.6 Å². The number of benzene rings is 2. The van der Waals surface area contributed by atoms with E-state index in [0.29, 0.717) is 24.6 Å². The molecule has 1 aliphatic heterocycles. The van der Waals surface area contributed by atoms with Crippen molar-refractivity contribution in [2.45, 2.75) is 33.6 Å². The molecule has 30 heavy (non-hydrogen) atoms. The van der Waals surface area contributed by atoms with E-state index in [4.69, 9.17) is 4.74 Å². The lowest BCUT2D eigenvalue weighted by molar-refractivity contribution is -0.148. The fraction of sp³-hybridized carbons (Fsp3) is 0.440. The summed E-state index contributed by atoms with van der Waals surface area (Å²) < 4.78 is 5.15. The maximum Gasteiger partial charge on any atom is 0.309 e. The summed E-state index contributed by atoms with van der Waals surface area (Å²) in [6.45, 7) is 8.83. The first-order chi connectivity index (χ1) is 14.5. The van der Waals surface area contributed by atoms with Crippen molar-refractivity contribution in [1.29, 1.82) is 0 Å². The molecule has 0 radical (unpaired) electrons. The Morgan fingerprint density at radius 1 is 1.03 bits per heavy atom. The predicted molar refractivity (Wildman–Crippen MR) is 121 cm³/mol. The van der Waals surface area contributed by atoms with Crippen molar-refractivity contribution >= 4 is 23.3 Å². The second kappa shape index (κ2) is 10.3. The zero-order chi connectivity index (χ0) is 21.5. The standard InChI is InChI=1S/C25H32N2O3/c1-4-30-25(29)21-14-16-26(17-15-21)22-12-10-20(11-13-22)24(28)27(18-19(2)3)23-8-6-5-7-9-23/h5-13,19,21H,4,14-18H2,1-3H3. The third kappa shape index (κ3) is 5.41. The van der Waals surface area contributed by atoms with Crippen molar-refractivity contribution in [2.75, 3.05) is 36.0 Å². The van der Waals surface area contributed by atoms with Gasteiger partial charge in [-0.1, -0.05) is 32.0 Å². The minimum absolute atomic E-state index is 0.00230. The molecule has 160 valence electrons. The molecule has 1 heterocycles. The minimum Gasteiger partial charge on any atom is -0.466 e. The highest BCUT2D eigenvalue weighted by molar-refractivity contribution is 6.06. The Balaban J connectivity index is 1.67. The smallest absolute Gasteiger partial charge is 0.309 e. The monoisotopic (exact) mass is 408 g/mol. The van der Waals surface area contributed by atoms with E-state index in [1.54, 1.807) is 0 Å². The first-order valence-electron chi connectivity index (χ1n) is 10.9. The highest BCUT2D eigenvalue weighted by atomic mass is 16.5. The van der Waals surface area contributed by atoms with Crippen molar-refractivity contribution in [3.05, 3.63) is 60.2 Å². The first kappa shape index (κ1) is 21.9. The maximum atomic E-state index is 13.2. The van der Waals surface area contributed by atoms with Crippen LogP contribution in [0.2, 0.25) is 0 Å². The normalized spacial score (nSPS) is 14.6. The summed E-state index contributed by atoms with van der Waals surface area (Å²) in [7, 11) is 0. The summed E-state index contributed by atoms with van der Waals surface area (Å²) in [5, 5.41) is 0. The Hall–Kier alpha value is -2.82. The van der Waals surface area contributed by atoms with Crippen LogP contribution >= 0.6 is 0 Å². The van der Waals surface area contributed by atoms with Gasteiger partial charge in [0.15, 0.2) is 0 Å². The topological polar surface area (TPSA) is 49.9 Å². The Morgan fingerprint density at radius 3 is 2.23 bits per heavy atom. The molecule has 0 spiro atoms. The summed E-state index contributed by atoms with van der Waals surface area (Å²) in [6.07, 6.45) is 1.60. The number of ether oxygens (including phenoxy) is 1. The number of piperidine rings is 1. The van der Waals surface area contributed by atoms with E-state index in [1.165, 1.54) is 0 Å². The van der Waals surface area contributed by atoms with Crippen molar-refractivity contribution in [3.8, 4) is 0 Å². The zero-order valence-corrected chi connectivity index (χ0v) is 18.2. The molecule has 1 fully saturated rings. The van der Waals surface area contributed by atoms with Gasteiger partial charge in [-0.3, -0.25) is 9.59 Å². The number of rotatable bonds is 7. The van der Waals surface area contributed by atoms with E-state index in [2.05, 4.69) is 18.7 Å². The molecule has 0 bridgehead atoms. The van der Waals surface area contributed by atoms with Gasteiger partial charge in [-0.25, -0.2) is 0 Å². The second-order valence-corrected chi connectivity index (χ2v) is 8.21. The minimum atomic E-state index is -0.0794. The summed E-state index contributed by atoms with van der Waals surface area (Å²) in [5.41, 5.74) is 2.69. The third-order valence-electron chi connectivity index (χ3n) is 5.46. The number of amides is 1. The van der Waals surface area contributed by atoms with E-state index in [-0.39, 0.29) is 17.8 Å². The lowest BCUT2D eigenvalue weighted by atomic mass is 9.96. The van der Waals surface area contributed by atoms with Crippen LogP contribution in [0.4, 0.5) is 11.4 Å². The summed E-state index contributed by atoms with van der Waals surface area (Å²) in [4.78, 5) is 29.3. The lowest BCUT2D eigenvalue weighted by Crippen LogP contribution is -2.37. The second-order valence-electron chi connectivity index (χ2n) is 8.21. The average molecular weight is 409 g/mol. The molecule has 0 N–H and O–H groups in total. The summed E-state index contributed by atoms with van der Waals surface area (Å²) in [6, 6.07) is 17.7. The molecular weight excluding hydrogens is 376 g/mol. The van der Waals surface area contributed by atoms with E-state index in [0.717, 1.165) is 37.3 Å². The van der Waals surface area contributed by atoms with Crippen LogP contribution in [0.3, 0.4) is 0 Å². The number of nitrogens with zero attached hydrogens (tertiary/aromatic N) is 2. The van der Waals surface area contributed by atoms with Crippen LogP contribution in [0.15, 0.2) is 54.6 Å². The van der Waals surface area contributed by atoms with E-state index >= 15 is 0 Å². The largest absolute Gasteiger partial charge is 0.466 e. The quantitative estimate of drug-likeness (QED) is 0.619. The molecule has 3 rings (SSSR count). The molecule has 0 atom stereocenters. The molecule has 1 aliphatic rings. The zero-order valence-electron chi connectivity index (χ0n) is 18.2. The molecule has 1 amide bonds. The van der Waals surface area contributed by atoms with E-state index in [1.807, 2.05) is 66.4 Å². The Bertz CT molecular complexity index is 825. The van der Waals surface area contributed by atoms with Crippen LogP contribution in [0, 0.1) is 11.8 Å². The van der Waals surface area contributed by atoms with E-state index < -0.39 is 0 Å².